The van der Waals surface area contributed by atoms with Crippen molar-refractivity contribution in [1.29, 1.82) is 0 Å². The van der Waals surface area contributed by atoms with Gasteiger partial charge in [0.25, 0.3) is 5.56 Å². The lowest BCUT2D eigenvalue weighted by molar-refractivity contribution is -0.402. The summed E-state index contributed by atoms with van der Waals surface area (Å²) in [6.45, 7) is 1.01. The van der Waals surface area contributed by atoms with Crippen LogP contribution in [0.15, 0.2) is 50.1 Å². The molecule has 1 aromatic carbocycles. The van der Waals surface area contributed by atoms with Gasteiger partial charge in [0.2, 0.25) is 0 Å². The van der Waals surface area contributed by atoms with Crippen molar-refractivity contribution < 1.29 is 23.6 Å². The van der Waals surface area contributed by atoms with Gasteiger partial charge in [-0.25, -0.2) is 9.78 Å². The molecule has 1 saturated heterocycles. The molecule has 0 aliphatic carbocycles. The summed E-state index contributed by atoms with van der Waals surface area (Å²) < 4.78 is 17.1. The van der Waals surface area contributed by atoms with E-state index in [1.165, 1.54) is 31.4 Å². The second kappa shape index (κ2) is 9.37. The number of esters is 1. The summed E-state index contributed by atoms with van der Waals surface area (Å²) in [5.74, 6) is -0.583. The molecule has 1 unspecified atom stereocenters. The first-order chi connectivity index (χ1) is 15.5. The third kappa shape index (κ3) is 4.58. The van der Waals surface area contributed by atoms with Gasteiger partial charge in [0.05, 0.1) is 42.3 Å². The average molecular weight is 457 g/mol. The predicted octanol–water partition coefficient (Wildman–Crippen LogP) is 3.63. The smallest absolute Gasteiger partial charge is 0.433 e. The summed E-state index contributed by atoms with van der Waals surface area (Å²) in [7, 11) is 1.28. The number of benzene rings is 1. The van der Waals surface area contributed by atoms with E-state index >= 15 is 0 Å². The van der Waals surface area contributed by atoms with Gasteiger partial charge >= 0.3 is 11.9 Å². The molecule has 10 nitrogen and oxygen atoms in total. The number of carbonyl (C=O) groups excluding carboxylic acids is 1. The lowest BCUT2D eigenvalue weighted by Gasteiger charge is -2.16. The Bertz CT molecular complexity index is 1260. The molecule has 1 aliphatic rings. The number of aromatic nitrogens is 2. The molecule has 3 heterocycles. The third-order valence-corrected chi connectivity index (χ3v) is 5.74. The normalized spacial score (nSPS) is 16.1. The number of nitrogens with zero attached hydrogens (tertiary/aromatic N) is 3. The summed E-state index contributed by atoms with van der Waals surface area (Å²) in [4.78, 5) is 39.8. The van der Waals surface area contributed by atoms with Crippen molar-refractivity contribution in [3.63, 3.8) is 0 Å². The molecule has 0 spiro atoms. The zero-order chi connectivity index (χ0) is 22.7. The molecule has 1 atom stereocenters. The number of ether oxygens (including phenoxy) is 2. The van der Waals surface area contributed by atoms with E-state index in [1.54, 1.807) is 22.1 Å². The Kier molecular flexibility index (Phi) is 6.37. The molecule has 0 N–H and O–H groups in total. The highest BCUT2D eigenvalue weighted by Gasteiger charge is 2.20. The van der Waals surface area contributed by atoms with Crippen LogP contribution >= 0.6 is 11.8 Å². The van der Waals surface area contributed by atoms with Crippen LogP contribution in [-0.2, 0) is 16.0 Å². The Morgan fingerprint density at radius 3 is 2.94 bits per heavy atom. The molecular weight excluding hydrogens is 438 g/mol. The summed E-state index contributed by atoms with van der Waals surface area (Å²) in [6.07, 6.45) is 3.25. The van der Waals surface area contributed by atoms with E-state index in [9.17, 15) is 19.7 Å². The highest BCUT2D eigenvalue weighted by molar-refractivity contribution is 8.02. The first kappa shape index (κ1) is 21.8. The topological polar surface area (TPSA) is 127 Å². The maximum atomic E-state index is 13.2. The first-order valence-corrected chi connectivity index (χ1v) is 10.7. The van der Waals surface area contributed by atoms with Crippen molar-refractivity contribution in [3.05, 3.63) is 67.5 Å². The van der Waals surface area contributed by atoms with Gasteiger partial charge < -0.3 is 13.9 Å². The molecule has 11 heteroatoms. The lowest BCUT2D eigenvalue weighted by Crippen LogP contribution is -2.28. The zero-order valence-electron chi connectivity index (χ0n) is 17.1. The largest absolute Gasteiger partial charge is 0.465 e. The van der Waals surface area contributed by atoms with Gasteiger partial charge in [0.15, 0.2) is 5.16 Å². The fraction of sp³-hybridized carbons (Fsp3) is 0.286. The molecule has 3 aromatic rings. The molecule has 1 aliphatic heterocycles. The molecule has 4 rings (SSSR count). The third-order valence-electron chi connectivity index (χ3n) is 4.95. The Morgan fingerprint density at radius 1 is 1.41 bits per heavy atom. The molecular formula is C21H19N3O7S. The number of fused-ring (bicyclic) bond motifs is 1. The van der Waals surface area contributed by atoms with E-state index in [2.05, 4.69) is 4.98 Å². The Balaban J connectivity index is 1.70. The number of carbonyl (C=O) groups is 1. The Hall–Kier alpha value is -3.44. The predicted molar refractivity (Wildman–Crippen MR) is 117 cm³/mol. The Morgan fingerprint density at radius 2 is 2.25 bits per heavy atom. The molecule has 32 heavy (non-hydrogen) atoms. The minimum Gasteiger partial charge on any atom is -0.465 e. The number of rotatable bonds is 7. The number of thioether (sulfide) groups is 1. The molecule has 2 aromatic heterocycles. The van der Waals surface area contributed by atoms with E-state index in [1.807, 2.05) is 0 Å². The minimum atomic E-state index is -0.618. The summed E-state index contributed by atoms with van der Waals surface area (Å²) in [5.41, 5.74) is 0.413. The van der Waals surface area contributed by atoms with Crippen molar-refractivity contribution in [1.82, 2.24) is 9.55 Å². The number of hydrogen-bond acceptors (Lipinski definition) is 9. The van der Waals surface area contributed by atoms with Crippen molar-refractivity contribution in [3.8, 4) is 0 Å². The standard InChI is InChI=1S/C21H19N3O7S/c1-29-20(26)13-4-6-16-17(11-13)22-21(23(19(16)25)12-15-3-2-9-30-15)32-10-8-14-5-7-18(31-14)24(27)28/h4-8,10-11,15H,2-3,9,12H2,1H3/b10-8+. The average Bonchev–Trinajstić information content (AvgIpc) is 3.47. The molecule has 0 bridgehead atoms. The van der Waals surface area contributed by atoms with Gasteiger partial charge in [-0.2, -0.15) is 0 Å². The van der Waals surface area contributed by atoms with Crippen molar-refractivity contribution in [2.24, 2.45) is 0 Å². The van der Waals surface area contributed by atoms with Crippen LogP contribution in [0.4, 0.5) is 5.88 Å². The van der Waals surface area contributed by atoms with Gasteiger partial charge in [0, 0.05) is 6.61 Å². The fourth-order valence-electron chi connectivity index (χ4n) is 3.38. The number of furan rings is 1. The summed E-state index contributed by atoms with van der Waals surface area (Å²) >= 11 is 1.16. The molecule has 166 valence electrons. The second-order valence-electron chi connectivity index (χ2n) is 7.02. The molecule has 0 amide bonds. The van der Waals surface area contributed by atoms with Gasteiger partial charge in [0.1, 0.15) is 10.7 Å². The Labute approximate surface area is 186 Å². The van der Waals surface area contributed by atoms with E-state index in [0.717, 1.165) is 24.6 Å². The van der Waals surface area contributed by atoms with Gasteiger partial charge in [-0.15, -0.1) is 0 Å². The monoisotopic (exact) mass is 457 g/mol. The van der Waals surface area contributed by atoms with E-state index in [0.29, 0.717) is 35.0 Å². The lowest BCUT2D eigenvalue weighted by atomic mass is 10.1. The van der Waals surface area contributed by atoms with Crippen LogP contribution in [0.25, 0.3) is 17.0 Å². The second-order valence-corrected chi connectivity index (χ2v) is 7.90. The van der Waals surface area contributed by atoms with Crippen LogP contribution in [-0.4, -0.2) is 40.3 Å². The molecule has 0 radical (unpaired) electrons. The van der Waals surface area contributed by atoms with Crippen LogP contribution < -0.4 is 5.56 Å². The first-order valence-electron chi connectivity index (χ1n) is 9.78. The van der Waals surface area contributed by atoms with Crippen LogP contribution in [0, 0.1) is 10.1 Å². The van der Waals surface area contributed by atoms with Crippen LogP contribution in [0.1, 0.15) is 29.0 Å². The van der Waals surface area contributed by atoms with Crippen LogP contribution in [0.3, 0.4) is 0 Å². The maximum Gasteiger partial charge on any atom is 0.433 e. The van der Waals surface area contributed by atoms with Gasteiger partial charge in [-0.05, 0) is 48.6 Å². The van der Waals surface area contributed by atoms with Crippen molar-refractivity contribution in [2.45, 2.75) is 30.6 Å². The zero-order valence-corrected chi connectivity index (χ0v) is 17.9. The highest BCUT2D eigenvalue weighted by Crippen LogP contribution is 2.24. The quantitative estimate of drug-likeness (QED) is 0.172. The van der Waals surface area contributed by atoms with E-state index < -0.39 is 10.9 Å². The number of nitro groups is 1. The maximum absolute atomic E-state index is 13.2. The SMILES string of the molecule is COC(=O)c1ccc2c(=O)n(CC3CCCO3)c(S/C=C/c3ccc([N+](=O)[O-])o3)nc2c1. The van der Waals surface area contributed by atoms with E-state index in [4.69, 9.17) is 13.9 Å². The van der Waals surface area contributed by atoms with Gasteiger partial charge in [-0.1, -0.05) is 11.8 Å². The molecule has 1 fully saturated rings. The molecule has 0 saturated carbocycles. The highest BCUT2D eigenvalue weighted by atomic mass is 32.2. The number of methoxy groups -OCH3 is 1. The minimum absolute atomic E-state index is 0.0858. The van der Waals surface area contributed by atoms with Gasteiger partial charge in [-0.3, -0.25) is 19.5 Å². The van der Waals surface area contributed by atoms with Crippen molar-refractivity contribution >= 4 is 40.6 Å². The van der Waals surface area contributed by atoms with Crippen molar-refractivity contribution in [2.75, 3.05) is 13.7 Å². The summed E-state index contributed by atoms with van der Waals surface area (Å²) in [5, 5.41) is 13.2. The van der Waals surface area contributed by atoms with Crippen LogP contribution in [0.5, 0.6) is 0 Å². The number of hydrogen-bond donors (Lipinski definition) is 0. The summed E-state index contributed by atoms with van der Waals surface area (Å²) in [6, 6.07) is 7.35. The fourth-order valence-corrected chi connectivity index (χ4v) is 4.14. The van der Waals surface area contributed by atoms with E-state index in [-0.39, 0.29) is 23.1 Å². The van der Waals surface area contributed by atoms with Crippen LogP contribution in [0.2, 0.25) is 0 Å².